The Kier molecular flexibility index (Phi) is 5.31. The minimum atomic E-state index is -0.0748. The number of benzene rings is 2. The minimum absolute atomic E-state index is 0.0748. The molecule has 2 aromatic rings. The lowest BCUT2D eigenvalue weighted by Crippen LogP contribution is -2.37. The average molecular weight is 375 g/mol. The molecule has 1 aliphatic rings. The monoisotopic (exact) mass is 374 g/mol. The molecule has 0 saturated carbocycles. The number of halogens is 1. The summed E-state index contributed by atoms with van der Waals surface area (Å²) in [5.74, 6) is -0.0748. The van der Waals surface area contributed by atoms with Gasteiger partial charge in [-0.3, -0.25) is 4.79 Å². The first-order chi connectivity index (χ1) is 11.3. The Morgan fingerprint density at radius 3 is 2.57 bits per heavy atom. The van der Waals surface area contributed by atoms with Crippen LogP contribution in [0.2, 0.25) is 0 Å². The molecule has 0 aliphatic carbocycles. The molecule has 0 bridgehead atoms. The maximum Gasteiger partial charge on any atom is 0.252 e. The summed E-state index contributed by atoms with van der Waals surface area (Å²) in [7, 11) is 0. The Balaban J connectivity index is 1.71. The third-order valence-corrected chi connectivity index (χ3v) is 4.59. The van der Waals surface area contributed by atoms with Gasteiger partial charge < -0.3 is 15.0 Å². The van der Waals surface area contributed by atoms with Crippen LogP contribution in [0.3, 0.4) is 0 Å². The molecule has 120 valence electrons. The SMILES string of the molecule is O=C(NCc1ccccc1N1CCOCC1)c1ccccc1Br. The van der Waals surface area contributed by atoms with E-state index in [1.807, 2.05) is 36.4 Å². The van der Waals surface area contributed by atoms with E-state index in [-0.39, 0.29) is 5.91 Å². The van der Waals surface area contributed by atoms with Crippen molar-refractivity contribution in [3.8, 4) is 0 Å². The smallest absolute Gasteiger partial charge is 0.252 e. The summed E-state index contributed by atoms with van der Waals surface area (Å²) in [5, 5.41) is 3.01. The predicted octanol–water partition coefficient (Wildman–Crippen LogP) is 3.22. The summed E-state index contributed by atoms with van der Waals surface area (Å²) in [6, 6.07) is 15.6. The molecule has 2 aromatic carbocycles. The number of anilines is 1. The van der Waals surface area contributed by atoms with E-state index in [0.717, 1.165) is 36.3 Å². The molecular formula is C18H19BrN2O2. The summed E-state index contributed by atoms with van der Waals surface area (Å²) in [5.41, 5.74) is 2.94. The Morgan fingerprint density at radius 2 is 1.78 bits per heavy atom. The zero-order valence-corrected chi connectivity index (χ0v) is 14.4. The minimum Gasteiger partial charge on any atom is -0.378 e. The van der Waals surface area contributed by atoms with Gasteiger partial charge in [-0.15, -0.1) is 0 Å². The number of hydrogen-bond donors (Lipinski definition) is 1. The van der Waals surface area contributed by atoms with Gasteiger partial charge in [0, 0.05) is 29.8 Å². The number of morpholine rings is 1. The molecule has 0 radical (unpaired) electrons. The van der Waals surface area contributed by atoms with Crippen LogP contribution in [0.25, 0.3) is 0 Å². The van der Waals surface area contributed by atoms with Gasteiger partial charge in [-0.1, -0.05) is 30.3 Å². The van der Waals surface area contributed by atoms with Gasteiger partial charge in [-0.25, -0.2) is 0 Å². The van der Waals surface area contributed by atoms with Crippen LogP contribution in [0.4, 0.5) is 5.69 Å². The lowest BCUT2D eigenvalue weighted by atomic mass is 10.1. The zero-order chi connectivity index (χ0) is 16.1. The summed E-state index contributed by atoms with van der Waals surface area (Å²) in [6.07, 6.45) is 0. The molecule has 0 unspecified atom stereocenters. The topological polar surface area (TPSA) is 41.6 Å². The number of ether oxygens (including phenoxy) is 1. The summed E-state index contributed by atoms with van der Waals surface area (Å²) in [4.78, 5) is 14.7. The molecule has 0 aromatic heterocycles. The molecule has 1 N–H and O–H groups in total. The lowest BCUT2D eigenvalue weighted by Gasteiger charge is -2.30. The van der Waals surface area contributed by atoms with Gasteiger partial charge in [0.05, 0.1) is 18.8 Å². The van der Waals surface area contributed by atoms with E-state index in [1.165, 1.54) is 5.69 Å². The third kappa shape index (κ3) is 3.92. The van der Waals surface area contributed by atoms with Crippen molar-refractivity contribution >= 4 is 27.5 Å². The van der Waals surface area contributed by atoms with Crippen molar-refractivity contribution in [2.75, 3.05) is 31.2 Å². The number of carbonyl (C=O) groups is 1. The van der Waals surface area contributed by atoms with Crippen LogP contribution in [0.1, 0.15) is 15.9 Å². The molecule has 4 nitrogen and oxygen atoms in total. The van der Waals surface area contributed by atoms with E-state index in [1.54, 1.807) is 0 Å². The Bertz CT molecular complexity index is 684. The van der Waals surface area contributed by atoms with Crippen LogP contribution in [-0.4, -0.2) is 32.2 Å². The quantitative estimate of drug-likeness (QED) is 0.893. The third-order valence-electron chi connectivity index (χ3n) is 3.90. The predicted molar refractivity (Wildman–Crippen MR) is 94.8 cm³/mol. The fourth-order valence-electron chi connectivity index (χ4n) is 2.69. The number of hydrogen-bond acceptors (Lipinski definition) is 3. The van der Waals surface area contributed by atoms with Gasteiger partial charge in [0.2, 0.25) is 0 Å². The summed E-state index contributed by atoms with van der Waals surface area (Å²) >= 11 is 3.42. The molecule has 1 saturated heterocycles. The van der Waals surface area contributed by atoms with Crippen LogP contribution >= 0.6 is 15.9 Å². The highest BCUT2D eigenvalue weighted by Crippen LogP contribution is 2.22. The lowest BCUT2D eigenvalue weighted by molar-refractivity contribution is 0.0950. The van der Waals surface area contributed by atoms with Gasteiger partial charge in [-0.2, -0.15) is 0 Å². The van der Waals surface area contributed by atoms with Crippen LogP contribution in [-0.2, 0) is 11.3 Å². The number of nitrogens with one attached hydrogen (secondary N) is 1. The Morgan fingerprint density at radius 1 is 1.09 bits per heavy atom. The van der Waals surface area contributed by atoms with E-state index < -0.39 is 0 Å². The van der Waals surface area contributed by atoms with Crippen LogP contribution in [0, 0.1) is 0 Å². The normalized spacial score (nSPS) is 14.6. The number of nitrogens with zero attached hydrogens (tertiary/aromatic N) is 1. The largest absolute Gasteiger partial charge is 0.378 e. The first-order valence-electron chi connectivity index (χ1n) is 7.69. The molecule has 1 heterocycles. The van der Waals surface area contributed by atoms with E-state index >= 15 is 0 Å². The van der Waals surface area contributed by atoms with Crippen molar-refractivity contribution in [2.45, 2.75) is 6.54 Å². The standard InChI is InChI=1S/C18H19BrN2O2/c19-16-7-3-2-6-15(16)18(22)20-13-14-5-1-4-8-17(14)21-9-11-23-12-10-21/h1-8H,9-13H2,(H,20,22). The van der Waals surface area contributed by atoms with Gasteiger partial charge in [0.25, 0.3) is 5.91 Å². The van der Waals surface area contributed by atoms with E-state index in [4.69, 9.17) is 4.74 Å². The number of carbonyl (C=O) groups excluding carboxylic acids is 1. The maximum atomic E-state index is 12.4. The first kappa shape index (κ1) is 16.0. The van der Waals surface area contributed by atoms with Crippen molar-refractivity contribution in [3.05, 3.63) is 64.1 Å². The first-order valence-corrected chi connectivity index (χ1v) is 8.48. The molecule has 0 spiro atoms. The van der Waals surface area contributed by atoms with Gasteiger partial charge in [0.15, 0.2) is 0 Å². The number of rotatable bonds is 4. The second-order valence-electron chi connectivity index (χ2n) is 5.39. The fraction of sp³-hybridized carbons (Fsp3) is 0.278. The molecule has 5 heteroatoms. The Labute approximate surface area is 144 Å². The second-order valence-corrected chi connectivity index (χ2v) is 6.24. The van der Waals surface area contributed by atoms with Crippen molar-refractivity contribution < 1.29 is 9.53 Å². The Hall–Kier alpha value is -1.85. The van der Waals surface area contributed by atoms with Crippen molar-refractivity contribution in [2.24, 2.45) is 0 Å². The van der Waals surface area contributed by atoms with Crippen molar-refractivity contribution in [3.63, 3.8) is 0 Å². The van der Waals surface area contributed by atoms with Crippen molar-refractivity contribution in [1.82, 2.24) is 5.32 Å². The van der Waals surface area contributed by atoms with Crippen molar-refractivity contribution in [1.29, 1.82) is 0 Å². The zero-order valence-electron chi connectivity index (χ0n) is 12.8. The van der Waals surface area contributed by atoms with E-state index in [9.17, 15) is 4.79 Å². The molecule has 1 fully saturated rings. The average Bonchev–Trinajstić information content (AvgIpc) is 2.61. The molecular weight excluding hydrogens is 356 g/mol. The van der Waals surface area contributed by atoms with E-state index in [0.29, 0.717) is 12.1 Å². The van der Waals surface area contributed by atoms with Crippen LogP contribution < -0.4 is 10.2 Å². The maximum absolute atomic E-state index is 12.4. The number of para-hydroxylation sites is 1. The van der Waals surface area contributed by atoms with Gasteiger partial charge in [0.1, 0.15) is 0 Å². The fourth-order valence-corrected chi connectivity index (χ4v) is 3.15. The molecule has 3 rings (SSSR count). The second kappa shape index (κ2) is 7.62. The van der Waals surface area contributed by atoms with Gasteiger partial charge >= 0.3 is 0 Å². The number of amides is 1. The highest BCUT2D eigenvalue weighted by Gasteiger charge is 2.15. The molecule has 1 amide bonds. The highest BCUT2D eigenvalue weighted by atomic mass is 79.9. The molecule has 0 atom stereocenters. The van der Waals surface area contributed by atoms with Crippen LogP contribution in [0.15, 0.2) is 53.0 Å². The van der Waals surface area contributed by atoms with Crippen LogP contribution in [0.5, 0.6) is 0 Å². The van der Waals surface area contributed by atoms with E-state index in [2.05, 4.69) is 38.3 Å². The highest BCUT2D eigenvalue weighted by molar-refractivity contribution is 9.10. The summed E-state index contributed by atoms with van der Waals surface area (Å²) in [6.45, 7) is 3.77. The van der Waals surface area contributed by atoms with Gasteiger partial charge in [-0.05, 0) is 39.7 Å². The summed E-state index contributed by atoms with van der Waals surface area (Å²) < 4.78 is 6.22. The molecule has 23 heavy (non-hydrogen) atoms. The molecule has 1 aliphatic heterocycles.